The number of hydrogen-bond donors (Lipinski definition) is 2. The molecule has 1 unspecified atom stereocenters. The maximum atomic E-state index is 12.0. The molecular weight excluding hydrogens is 345 g/mol. The smallest absolute Gasteiger partial charge is 0.225 e. The second kappa shape index (κ2) is 8.94. The molecule has 0 saturated heterocycles. The Balaban J connectivity index is 0.00000242. The molecule has 0 aliphatic heterocycles. The summed E-state index contributed by atoms with van der Waals surface area (Å²) in [5.41, 5.74) is 6.29. The Morgan fingerprint density at radius 3 is 2.50 bits per heavy atom. The summed E-state index contributed by atoms with van der Waals surface area (Å²) in [5, 5.41) is 3.67. The van der Waals surface area contributed by atoms with Gasteiger partial charge in [-0.1, -0.05) is 29.3 Å². The van der Waals surface area contributed by atoms with E-state index in [0.717, 1.165) is 0 Å². The molecule has 1 fully saturated rings. The van der Waals surface area contributed by atoms with Crippen LogP contribution in [-0.2, 0) is 4.79 Å². The van der Waals surface area contributed by atoms with Crippen molar-refractivity contribution < 1.29 is 4.79 Å². The van der Waals surface area contributed by atoms with Gasteiger partial charge in [0.2, 0.25) is 5.91 Å². The fourth-order valence-electron chi connectivity index (χ4n) is 2.48. The number of amides is 1. The Kier molecular flexibility index (Phi) is 7.94. The minimum Gasteiger partial charge on any atom is -0.329 e. The van der Waals surface area contributed by atoms with Crippen LogP contribution in [0.5, 0.6) is 0 Å². The van der Waals surface area contributed by atoms with E-state index >= 15 is 0 Å². The number of rotatable bonds is 7. The van der Waals surface area contributed by atoms with E-state index in [2.05, 4.69) is 10.2 Å². The van der Waals surface area contributed by atoms with E-state index in [9.17, 15) is 4.79 Å². The van der Waals surface area contributed by atoms with Gasteiger partial charge in [0.1, 0.15) is 0 Å². The second-order valence-corrected chi connectivity index (χ2v) is 6.33. The van der Waals surface area contributed by atoms with E-state index in [1.165, 1.54) is 12.8 Å². The highest BCUT2D eigenvalue weighted by Gasteiger charge is 2.32. The molecule has 1 amide bonds. The Morgan fingerprint density at radius 2 is 2.00 bits per heavy atom. The van der Waals surface area contributed by atoms with Crippen LogP contribution in [0.4, 0.5) is 5.69 Å². The second-order valence-electron chi connectivity index (χ2n) is 5.52. The number of para-hydroxylation sites is 1. The van der Waals surface area contributed by atoms with Gasteiger partial charge in [0.25, 0.3) is 0 Å². The zero-order valence-corrected chi connectivity index (χ0v) is 14.8. The lowest BCUT2D eigenvalue weighted by Gasteiger charge is -2.26. The molecule has 4 nitrogen and oxygen atoms in total. The quantitative estimate of drug-likeness (QED) is 0.777. The van der Waals surface area contributed by atoms with Crippen LogP contribution < -0.4 is 11.1 Å². The van der Waals surface area contributed by atoms with Crippen molar-refractivity contribution in [2.45, 2.75) is 25.3 Å². The van der Waals surface area contributed by atoms with Gasteiger partial charge in [0, 0.05) is 25.6 Å². The van der Waals surface area contributed by atoms with Crippen molar-refractivity contribution in [1.29, 1.82) is 0 Å². The molecule has 1 aliphatic rings. The highest BCUT2D eigenvalue weighted by molar-refractivity contribution is 6.39. The number of nitrogens with zero attached hydrogens (tertiary/aromatic N) is 1. The largest absolute Gasteiger partial charge is 0.329 e. The Morgan fingerprint density at radius 1 is 1.41 bits per heavy atom. The summed E-state index contributed by atoms with van der Waals surface area (Å²) in [6.07, 6.45) is 2.88. The number of nitrogens with one attached hydrogen (secondary N) is 1. The van der Waals surface area contributed by atoms with Crippen LogP contribution in [0, 0.1) is 5.92 Å². The third kappa shape index (κ3) is 5.28. The topological polar surface area (TPSA) is 58.4 Å². The van der Waals surface area contributed by atoms with Crippen molar-refractivity contribution in [2.24, 2.45) is 11.7 Å². The van der Waals surface area contributed by atoms with Gasteiger partial charge < -0.3 is 16.0 Å². The summed E-state index contributed by atoms with van der Waals surface area (Å²) >= 11 is 12.1. The first-order valence-electron chi connectivity index (χ1n) is 7.17. The van der Waals surface area contributed by atoms with Crippen LogP contribution >= 0.6 is 35.6 Å². The fourth-order valence-corrected chi connectivity index (χ4v) is 2.97. The first-order chi connectivity index (χ1) is 10.0. The third-order valence-electron chi connectivity index (χ3n) is 3.89. The molecule has 0 aromatic heterocycles. The monoisotopic (exact) mass is 365 g/mol. The predicted molar refractivity (Wildman–Crippen MR) is 95.2 cm³/mol. The predicted octanol–water partition coefficient (Wildman–Crippen LogP) is 3.41. The van der Waals surface area contributed by atoms with Crippen LogP contribution in [0.2, 0.25) is 10.0 Å². The van der Waals surface area contributed by atoms with Crippen molar-refractivity contribution >= 4 is 47.2 Å². The molecule has 1 saturated carbocycles. The van der Waals surface area contributed by atoms with E-state index in [1.807, 2.05) is 7.05 Å². The zero-order valence-electron chi connectivity index (χ0n) is 12.5. The summed E-state index contributed by atoms with van der Waals surface area (Å²) in [4.78, 5) is 14.2. The summed E-state index contributed by atoms with van der Waals surface area (Å²) < 4.78 is 0. The molecule has 1 atom stereocenters. The van der Waals surface area contributed by atoms with Crippen LogP contribution in [0.15, 0.2) is 18.2 Å². The lowest BCUT2D eigenvalue weighted by atomic mass is 10.1. The van der Waals surface area contributed by atoms with Crippen molar-refractivity contribution in [3.8, 4) is 0 Å². The molecule has 0 heterocycles. The number of carbonyl (C=O) groups is 1. The summed E-state index contributed by atoms with van der Waals surface area (Å²) in [7, 11) is 2.02. The van der Waals surface area contributed by atoms with E-state index in [-0.39, 0.29) is 18.3 Å². The van der Waals surface area contributed by atoms with E-state index in [0.29, 0.717) is 47.2 Å². The number of carbonyl (C=O) groups excluding carboxylic acids is 1. The number of anilines is 1. The summed E-state index contributed by atoms with van der Waals surface area (Å²) in [6.45, 7) is 1.31. The Bertz CT molecular complexity index is 489. The molecule has 2 rings (SSSR count). The van der Waals surface area contributed by atoms with Crippen LogP contribution in [0.3, 0.4) is 0 Å². The van der Waals surface area contributed by atoms with Gasteiger partial charge in [0.05, 0.1) is 15.7 Å². The SMILES string of the molecule is CN(CCC(=O)Nc1c(Cl)cccc1Cl)C(CN)C1CC1.Cl. The Hall–Kier alpha value is -0.520. The molecule has 1 aromatic carbocycles. The number of nitrogens with two attached hydrogens (primary N) is 1. The maximum absolute atomic E-state index is 12.0. The number of likely N-dealkylation sites (N-methyl/N-ethyl adjacent to an activating group) is 1. The van der Waals surface area contributed by atoms with Gasteiger partial charge in [0.15, 0.2) is 0 Å². The first-order valence-corrected chi connectivity index (χ1v) is 7.92. The molecule has 22 heavy (non-hydrogen) atoms. The lowest BCUT2D eigenvalue weighted by molar-refractivity contribution is -0.116. The molecular formula is C15H22Cl3N3O. The Labute approximate surface area is 147 Å². The molecule has 3 N–H and O–H groups in total. The summed E-state index contributed by atoms with van der Waals surface area (Å²) in [5.74, 6) is 0.601. The van der Waals surface area contributed by atoms with Gasteiger partial charge in [-0.15, -0.1) is 12.4 Å². The third-order valence-corrected chi connectivity index (χ3v) is 4.52. The highest BCUT2D eigenvalue weighted by atomic mass is 35.5. The van der Waals surface area contributed by atoms with Gasteiger partial charge in [-0.2, -0.15) is 0 Å². The molecule has 1 aromatic rings. The minimum absolute atomic E-state index is 0. The van der Waals surface area contributed by atoms with E-state index < -0.39 is 0 Å². The van der Waals surface area contributed by atoms with Crippen LogP contribution in [0.25, 0.3) is 0 Å². The maximum Gasteiger partial charge on any atom is 0.225 e. The average molecular weight is 367 g/mol. The van der Waals surface area contributed by atoms with Gasteiger partial charge in [-0.25, -0.2) is 0 Å². The van der Waals surface area contributed by atoms with Crippen molar-refractivity contribution in [2.75, 3.05) is 25.5 Å². The normalized spacial score (nSPS) is 15.3. The lowest BCUT2D eigenvalue weighted by Crippen LogP contribution is -2.40. The van der Waals surface area contributed by atoms with Crippen molar-refractivity contribution in [3.63, 3.8) is 0 Å². The molecule has 1 aliphatic carbocycles. The number of hydrogen-bond acceptors (Lipinski definition) is 3. The van der Waals surface area contributed by atoms with Gasteiger partial charge in [-0.05, 0) is 37.9 Å². The van der Waals surface area contributed by atoms with Crippen molar-refractivity contribution in [1.82, 2.24) is 4.90 Å². The number of halogens is 3. The van der Waals surface area contributed by atoms with E-state index in [4.69, 9.17) is 28.9 Å². The molecule has 0 radical (unpaired) electrons. The van der Waals surface area contributed by atoms with Gasteiger partial charge >= 0.3 is 0 Å². The summed E-state index contributed by atoms with van der Waals surface area (Å²) in [6, 6.07) is 5.52. The van der Waals surface area contributed by atoms with Gasteiger partial charge in [-0.3, -0.25) is 4.79 Å². The average Bonchev–Trinajstić information content (AvgIpc) is 3.26. The van der Waals surface area contributed by atoms with Crippen molar-refractivity contribution in [3.05, 3.63) is 28.2 Å². The fraction of sp³-hybridized carbons (Fsp3) is 0.533. The zero-order chi connectivity index (χ0) is 15.4. The van der Waals surface area contributed by atoms with E-state index in [1.54, 1.807) is 18.2 Å². The van der Waals surface area contributed by atoms with Crippen LogP contribution in [-0.4, -0.2) is 37.0 Å². The molecule has 124 valence electrons. The first kappa shape index (κ1) is 19.5. The number of benzene rings is 1. The molecule has 0 spiro atoms. The van der Waals surface area contributed by atoms with Crippen LogP contribution in [0.1, 0.15) is 19.3 Å². The molecule has 0 bridgehead atoms. The highest BCUT2D eigenvalue weighted by Crippen LogP contribution is 2.34. The molecule has 7 heteroatoms. The minimum atomic E-state index is -0.0941. The standard InChI is InChI=1S/C15H21Cl2N3O.ClH/c1-20(13(9-18)10-5-6-10)8-7-14(21)19-15-11(16)3-2-4-12(15)17;/h2-4,10,13H,5-9,18H2,1H3,(H,19,21);1H.